The van der Waals surface area contributed by atoms with Gasteiger partial charge in [-0.3, -0.25) is 19.9 Å². The van der Waals surface area contributed by atoms with E-state index in [2.05, 4.69) is 19.9 Å². The molecule has 0 spiro atoms. The molecule has 0 unspecified atom stereocenters. The van der Waals surface area contributed by atoms with Gasteiger partial charge >= 0.3 is 0 Å². The highest BCUT2D eigenvalue weighted by Crippen LogP contribution is 2.18. The smallest absolute Gasteiger partial charge is 0.277 e. The van der Waals surface area contributed by atoms with Crippen molar-refractivity contribution in [3.8, 4) is 0 Å². The topological polar surface area (TPSA) is 118 Å². The lowest BCUT2D eigenvalue weighted by Gasteiger charge is -2.00. The van der Waals surface area contributed by atoms with Crippen LogP contribution in [0.2, 0.25) is 0 Å². The third-order valence-electron chi connectivity index (χ3n) is 2.49. The number of H-pyrrole nitrogens is 2. The normalized spacial score (nSPS) is 10.0. The number of imidazole rings is 1. The van der Waals surface area contributed by atoms with Gasteiger partial charge in [0.2, 0.25) is 0 Å². The van der Waals surface area contributed by atoms with Crippen LogP contribution in [-0.2, 0) is 5.75 Å². The second-order valence-electron chi connectivity index (χ2n) is 4.19. The van der Waals surface area contributed by atoms with Gasteiger partial charge in [-0.2, -0.15) is 0 Å². The first kappa shape index (κ1) is 15.7. The number of benzene rings is 1. The molecule has 2 aromatic heterocycles. The van der Waals surface area contributed by atoms with Gasteiger partial charge < -0.3 is 4.98 Å². The van der Waals surface area contributed by atoms with E-state index in [0.717, 1.165) is 12.8 Å². The number of thioether (sulfide) groups is 1. The van der Waals surface area contributed by atoms with Crippen molar-refractivity contribution in [1.82, 2.24) is 19.9 Å². The number of rotatable bonds is 3. The standard InChI is InChI=1S/C12H10N4OS.CH3NO2/c17-11-9-10(14-7-13-9)15-12(16-11)18-6-8-4-2-1-3-5-8;1-2(3)4/h1-5,7H,6H2,(H2,13,14,15,16,17);1H3. The van der Waals surface area contributed by atoms with Crippen molar-refractivity contribution in [3.05, 3.63) is 62.7 Å². The van der Waals surface area contributed by atoms with E-state index in [0.29, 0.717) is 16.3 Å². The molecule has 0 aliphatic rings. The molecule has 22 heavy (non-hydrogen) atoms. The fourth-order valence-electron chi connectivity index (χ4n) is 1.62. The molecule has 3 rings (SSSR count). The number of fused-ring (bicyclic) bond motifs is 1. The molecule has 9 heteroatoms. The number of aromatic nitrogens is 4. The minimum atomic E-state index is -0.500. The zero-order valence-corrected chi connectivity index (χ0v) is 12.5. The Morgan fingerprint density at radius 1 is 1.32 bits per heavy atom. The zero-order valence-electron chi connectivity index (χ0n) is 11.6. The Kier molecular flexibility index (Phi) is 5.26. The van der Waals surface area contributed by atoms with Crippen molar-refractivity contribution in [2.24, 2.45) is 0 Å². The summed E-state index contributed by atoms with van der Waals surface area (Å²) in [5.74, 6) is 0.764. The van der Waals surface area contributed by atoms with Gasteiger partial charge in [0, 0.05) is 10.7 Å². The summed E-state index contributed by atoms with van der Waals surface area (Å²) in [6, 6.07) is 10.0. The number of nitrogens with one attached hydrogen (secondary N) is 2. The van der Waals surface area contributed by atoms with Crippen LogP contribution in [0.5, 0.6) is 0 Å². The Hall–Kier alpha value is -2.68. The first-order valence-corrected chi connectivity index (χ1v) is 7.23. The molecule has 2 N–H and O–H groups in total. The van der Waals surface area contributed by atoms with Gasteiger partial charge in [0.25, 0.3) is 5.56 Å². The lowest BCUT2D eigenvalue weighted by molar-refractivity contribution is -0.445. The van der Waals surface area contributed by atoms with E-state index in [1.807, 2.05) is 30.3 Å². The largest absolute Gasteiger partial charge is 0.339 e. The Balaban J connectivity index is 0.000000396. The van der Waals surface area contributed by atoms with Crippen LogP contribution in [0.25, 0.3) is 11.2 Å². The lowest BCUT2D eigenvalue weighted by atomic mass is 10.2. The first-order valence-electron chi connectivity index (χ1n) is 6.24. The highest BCUT2D eigenvalue weighted by Gasteiger charge is 2.06. The molecule has 0 aliphatic heterocycles. The Bertz CT molecular complexity index is 811. The third kappa shape index (κ3) is 4.42. The maximum atomic E-state index is 11.7. The summed E-state index contributed by atoms with van der Waals surface area (Å²) in [5, 5.41) is 9.39. The monoisotopic (exact) mass is 319 g/mol. The van der Waals surface area contributed by atoms with Crippen LogP contribution in [0, 0.1) is 10.1 Å². The van der Waals surface area contributed by atoms with E-state index in [9.17, 15) is 4.79 Å². The molecule has 0 saturated carbocycles. The van der Waals surface area contributed by atoms with Gasteiger partial charge in [-0.1, -0.05) is 42.1 Å². The van der Waals surface area contributed by atoms with Crippen LogP contribution in [-0.4, -0.2) is 31.9 Å². The lowest BCUT2D eigenvalue weighted by Crippen LogP contribution is -2.09. The van der Waals surface area contributed by atoms with Crippen molar-refractivity contribution in [2.75, 3.05) is 7.05 Å². The van der Waals surface area contributed by atoms with Crippen LogP contribution in [0.15, 0.2) is 46.6 Å². The molecule has 2 heterocycles. The Morgan fingerprint density at radius 3 is 2.68 bits per heavy atom. The third-order valence-corrected chi connectivity index (χ3v) is 3.44. The van der Waals surface area contributed by atoms with Gasteiger partial charge in [-0.05, 0) is 5.56 Å². The van der Waals surface area contributed by atoms with E-state index in [1.54, 1.807) is 0 Å². The summed E-state index contributed by atoms with van der Waals surface area (Å²) in [5.41, 5.74) is 1.87. The summed E-state index contributed by atoms with van der Waals surface area (Å²) in [7, 11) is 0.889. The Morgan fingerprint density at radius 2 is 2.00 bits per heavy atom. The first-order chi connectivity index (χ1) is 10.6. The number of hydrogen-bond acceptors (Lipinski definition) is 6. The highest BCUT2D eigenvalue weighted by atomic mass is 32.2. The Labute approximate surface area is 129 Å². The van der Waals surface area contributed by atoms with E-state index < -0.39 is 4.92 Å². The summed E-state index contributed by atoms with van der Waals surface area (Å²) in [4.78, 5) is 33.8. The molecule has 0 atom stereocenters. The van der Waals surface area contributed by atoms with Crippen molar-refractivity contribution in [1.29, 1.82) is 0 Å². The van der Waals surface area contributed by atoms with Crippen LogP contribution < -0.4 is 5.56 Å². The van der Waals surface area contributed by atoms with Gasteiger partial charge in [-0.15, -0.1) is 0 Å². The van der Waals surface area contributed by atoms with Gasteiger partial charge in [-0.25, -0.2) is 9.97 Å². The number of aromatic amines is 2. The molecule has 0 radical (unpaired) electrons. The predicted octanol–water partition coefficient (Wildman–Crippen LogP) is 1.83. The van der Waals surface area contributed by atoms with Crippen molar-refractivity contribution in [2.45, 2.75) is 10.9 Å². The summed E-state index contributed by atoms with van der Waals surface area (Å²) < 4.78 is 0. The predicted molar refractivity (Wildman–Crippen MR) is 83.4 cm³/mol. The van der Waals surface area contributed by atoms with Crippen LogP contribution in [0.3, 0.4) is 0 Å². The molecule has 0 aliphatic carbocycles. The number of nitrogens with zero attached hydrogens (tertiary/aromatic N) is 3. The number of hydrogen-bond donors (Lipinski definition) is 2. The van der Waals surface area contributed by atoms with Crippen molar-refractivity contribution in [3.63, 3.8) is 0 Å². The maximum absolute atomic E-state index is 11.7. The van der Waals surface area contributed by atoms with E-state index in [-0.39, 0.29) is 5.56 Å². The number of nitro groups is 1. The second-order valence-corrected chi connectivity index (χ2v) is 5.15. The summed E-state index contributed by atoms with van der Waals surface area (Å²) in [6.07, 6.45) is 1.47. The summed E-state index contributed by atoms with van der Waals surface area (Å²) in [6.45, 7) is 0. The fourth-order valence-corrected chi connectivity index (χ4v) is 2.43. The molecule has 1 aromatic carbocycles. The molecule has 8 nitrogen and oxygen atoms in total. The molecule has 0 saturated heterocycles. The van der Waals surface area contributed by atoms with Gasteiger partial charge in [0.15, 0.2) is 23.4 Å². The maximum Gasteiger partial charge on any atom is 0.277 e. The molecule has 0 fully saturated rings. The minimum Gasteiger partial charge on any atom is -0.339 e. The highest BCUT2D eigenvalue weighted by molar-refractivity contribution is 7.98. The molecular weight excluding hydrogens is 306 g/mol. The second kappa shape index (κ2) is 7.36. The molecular formula is C13H13N5O3S. The van der Waals surface area contributed by atoms with Gasteiger partial charge in [0.1, 0.15) is 0 Å². The SMILES string of the molecule is C[N+](=O)[O-].O=c1[nH]c(SCc2ccccc2)nc2nc[nH]c12. The molecule has 114 valence electrons. The molecule has 3 aromatic rings. The quantitative estimate of drug-likeness (QED) is 0.329. The van der Waals surface area contributed by atoms with E-state index in [1.165, 1.54) is 23.7 Å². The van der Waals surface area contributed by atoms with Crippen LogP contribution >= 0.6 is 11.8 Å². The van der Waals surface area contributed by atoms with E-state index >= 15 is 0 Å². The van der Waals surface area contributed by atoms with E-state index in [4.69, 9.17) is 10.1 Å². The van der Waals surface area contributed by atoms with Crippen LogP contribution in [0.1, 0.15) is 5.56 Å². The zero-order chi connectivity index (χ0) is 15.9. The van der Waals surface area contributed by atoms with Crippen molar-refractivity contribution < 1.29 is 4.92 Å². The van der Waals surface area contributed by atoms with Crippen molar-refractivity contribution >= 4 is 22.9 Å². The average Bonchev–Trinajstić information content (AvgIpc) is 2.95. The average molecular weight is 319 g/mol. The molecule has 0 bridgehead atoms. The van der Waals surface area contributed by atoms with Crippen LogP contribution in [0.4, 0.5) is 0 Å². The fraction of sp³-hybridized carbons (Fsp3) is 0.154. The van der Waals surface area contributed by atoms with Gasteiger partial charge in [0.05, 0.1) is 6.33 Å². The minimum absolute atomic E-state index is 0.187. The summed E-state index contributed by atoms with van der Waals surface area (Å²) >= 11 is 1.49. The molecule has 0 amide bonds.